The Morgan fingerprint density at radius 2 is 1.65 bits per heavy atom. The summed E-state index contributed by atoms with van der Waals surface area (Å²) in [6.45, 7) is 16.2. The molecule has 0 aliphatic rings. The van der Waals surface area contributed by atoms with Crippen molar-refractivity contribution in [1.29, 1.82) is 0 Å². The second-order valence-corrected chi connectivity index (χ2v) is 9.62. The van der Waals surface area contributed by atoms with E-state index in [0.29, 0.717) is 28.3 Å². The zero-order chi connectivity index (χ0) is 28.6. The van der Waals surface area contributed by atoms with Crippen LogP contribution in [0.1, 0.15) is 61.4 Å². The number of ether oxygens (including phenoxy) is 2. The molecule has 0 fully saturated rings. The summed E-state index contributed by atoms with van der Waals surface area (Å²) in [5.74, 6) is 0.792. The van der Waals surface area contributed by atoms with Crippen LogP contribution in [-0.2, 0) is 6.61 Å². The van der Waals surface area contributed by atoms with Crippen LogP contribution in [0.25, 0.3) is 17.1 Å². The van der Waals surface area contributed by atoms with E-state index in [-0.39, 0.29) is 25.3 Å². The Morgan fingerprint density at radius 3 is 2.33 bits per heavy atom. The molecule has 0 N–H and O–H groups in total. The standard InChI is InChI=1S/C31H34N6O3/c1-7-23(30(32-6)26-13-16-34-36(26)21(2)3)19-39-28-11-8-12-29(25(28)18-38)40-20-24-10-9-15-33-31(24)27-14-17-35-37(27)22(4)5/h7-18,21-22H,1,6,19-20H2,2-5H3/b30-23+. The molecule has 0 atom stereocenters. The Hall–Kier alpha value is -4.79. The van der Waals surface area contributed by atoms with Crippen molar-refractivity contribution < 1.29 is 14.3 Å². The highest BCUT2D eigenvalue weighted by molar-refractivity contribution is 5.83. The molecule has 3 aromatic heterocycles. The van der Waals surface area contributed by atoms with E-state index in [1.165, 1.54) is 0 Å². The van der Waals surface area contributed by atoms with Crippen molar-refractivity contribution in [3.05, 3.63) is 96.1 Å². The molecule has 0 bridgehead atoms. The molecule has 0 saturated carbocycles. The molecule has 206 valence electrons. The van der Waals surface area contributed by atoms with Crippen molar-refractivity contribution in [2.24, 2.45) is 4.99 Å². The third kappa shape index (κ3) is 5.93. The van der Waals surface area contributed by atoms with Crippen LogP contribution in [0.4, 0.5) is 0 Å². The lowest BCUT2D eigenvalue weighted by molar-refractivity contribution is 0.111. The monoisotopic (exact) mass is 538 g/mol. The Labute approximate surface area is 234 Å². The van der Waals surface area contributed by atoms with Gasteiger partial charge in [0, 0.05) is 41.8 Å². The minimum atomic E-state index is 0.122. The molecule has 4 aromatic rings. The van der Waals surface area contributed by atoms with Crippen LogP contribution < -0.4 is 9.47 Å². The third-order valence-electron chi connectivity index (χ3n) is 6.31. The maximum Gasteiger partial charge on any atom is 0.157 e. The molecule has 0 unspecified atom stereocenters. The van der Waals surface area contributed by atoms with Crippen molar-refractivity contribution in [2.75, 3.05) is 6.61 Å². The zero-order valence-corrected chi connectivity index (χ0v) is 23.3. The molecule has 0 radical (unpaired) electrons. The minimum absolute atomic E-state index is 0.122. The predicted molar refractivity (Wildman–Crippen MR) is 157 cm³/mol. The average Bonchev–Trinajstić information content (AvgIpc) is 3.65. The number of carbonyl (C=O) groups is 1. The first-order valence-electron chi connectivity index (χ1n) is 13.1. The fourth-order valence-corrected chi connectivity index (χ4v) is 4.39. The van der Waals surface area contributed by atoms with Crippen LogP contribution in [0, 0.1) is 0 Å². The molecule has 0 spiro atoms. The van der Waals surface area contributed by atoms with Crippen LogP contribution >= 0.6 is 0 Å². The zero-order valence-electron chi connectivity index (χ0n) is 23.3. The molecule has 3 heterocycles. The van der Waals surface area contributed by atoms with Crippen molar-refractivity contribution in [3.63, 3.8) is 0 Å². The van der Waals surface area contributed by atoms with Gasteiger partial charge in [0.1, 0.15) is 24.7 Å². The van der Waals surface area contributed by atoms with Crippen molar-refractivity contribution in [3.8, 4) is 22.9 Å². The van der Waals surface area contributed by atoms with Crippen LogP contribution in [0.2, 0.25) is 0 Å². The van der Waals surface area contributed by atoms with Gasteiger partial charge in [0.05, 0.1) is 28.3 Å². The molecular formula is C31H34N6O3. The number of carbonyl (C=O) groups excluding carboxylic acids is 1. The van der Waals surface area contributed by atoms with Crippen LogP contribution in [-0.4, -0.2) is 44.2 Å². The minimum Gasteiger partial charge on any atom is -0.488 e. The van der Waals surface area contributed by atoms with Crippen LogP contribution in [0.3, 0.4) is 0 Å². The van der Waals surface area contributed by atoms with Crippen LogP contribution in [0.15, 0.2) is 84.3 Å². The van der Waals surface area contributed by atoms with Gasteiger partial charge in [0.2, 0.25) is 0 Å². The van der Waals surface area contributed by atoms with E-state index in [9.17, 15) is 4.79 Å². The molecule has 40 heavy (non-hydrogen) atoms. The largest absolute Gasteiger partial charge is 0.488 e. The van der Waals surface area contributed by atoms with E-state index in [0.717, 1.165) is 28.9 Å². The Kier molecular flexibility index (Phi) is 9.06. The van der Waals surface area contributed by atoms with E-state index in [1.807, 2.05) is 47.5 Å². The first kappa shape index (κ1) is 28.2. The van der Waals surface area contributed by atoms with Crippen molar-refractivity contribution in [1.82, 2.24) is 24.5 Å². The van der Waals surface area contributed by atoms with Gasteiger partial charge in [0.15, 0.2) is 6.29 Å². The van der Waals surface area contributed by atoms with Gasteiger partial charge in [-0.15, -0.1) is 0 Å². The molecule has 9 heteroatoms. The molecule has 0 saturated heterocycles. The summed E-state index contributed by atoms with van der Waals surface area (Å²) in [6.07, 6.45) is 7.63. The van der Waals surface area contributed by atoms with Crippen molar-refractivity contribution >= 4 is 18.7 Å². The number of benzene rings is 1. The third-order valence-corrected chi connectivity index (χ3v) is 6.31. The number of rotatable bonds is 13. The number of nitrogens with zero attached hydrogens (tertiary/aromatic N) is 6. The average molecular weight is 539 g/mol. The summed E-state index contributed by atoms with van der Waals surface area (Å²) >= 11 is 0. The molecule has 0 aliphatic carbocycles. The lowest BCUT2D eigenvalue weighted by Crippen LogP contribution is -2.10. The maximum absolute atomic E-state index is 12.2. The molecular weight excluding hydrogens is 504 g/mol. The summed E-state index contributed by atoms with van der Waals surface area (Å²) in [4.78, 5) is 21.0. The highest BCUT2D eigenvalue weighted by Crippen LogP contribution is 2.31. The van der Waals surface area contributed by atoms with Crippen LogP contribution in [0.5, 0.6) is 11.5 Å². The number of hydrogen-bond acceptors (Lipinski definition) is 7. The predicted octanol–water partition coefficient (Wildman–Crippen LogP) is 6.37. The lowest BCUT2D eigenvalue weighted by atomic mass is 10.1. The van der Waals surface area contributed by atoms with Gasteiger partial charge in [-0.25, -0.2) is 0 Å². The topological polar surface area (TPSA) is 96.4 Å². The quantitative estimate of drug-likeness (QED) is 0.111. The highest BCUT2D eigenvalue weighted by atomic mass is 16.5. The molecule has 4 rings (SSSR count). The van der Waals surface area contributed by atoms with Gasteiger partial charge in [-0.1, -0.05) is 24.8 Å². The Bertz CT molecular complexity index is 1530. The van der Waals surface area contributed by atoms with Gasteiger partial charge < -0.3 is 9.47 Å². The Balaban J connectivity index is 1.57. The summed E-state index contributed by atoms with van der Waals surface area (Å²) < 4.78 is 16.0. The molecule has 1 aromatic carbocycles. The van der Waals surface area contributed by atoms with Gasteiger partial charge in [-0.05, 0) is 64.7 Å². The van der Waals surface area contributed by atoms with Gasteiger partial charge >= 0.3 is 0 Å². The summed E-state index contributed by atoms with van der Waals surface area (Å²) in [7, 11) is 0. The first-order valence-corrected chi connectivity index (χ1v) is 13.1. The fourth-order valence-electron chi connectivity index (χ4n) is 4.39. The lowest BCUT2D eigenvalue weighted by Gasteiger charge is -2.17. The first-order chi connectivity index (χ1) is 19.4. The van der Waals surface area contributed by atoms with E-state index in [2.05, 4.69) is 47.3 Å². The molecule has 0 aliphatic heterocycles. The fraction of sp³-hybridized carbons (Fsp3) is 0.258. The van der Waals surface area contributed by atoms with E-state index < -0.39 is 0 Å². The Morgan fingerprint density at radius 1 is 0.950 bits per heavy atom. The van der Waals surface area contributed by atoms with E-state index >= 15 is 0 Å². The number of aliphatic imine (C=N–C) groups is 1. The summed E-state index contributed by atoms with van der Waals surface area (Å²) in [5, 5.41) is 8.81. The SMILES string of the molecule is C=C/C(COc1cccc(OCc2cccnc2-c2ccnn2C(C)C)c1C=O)=C(\N=C)c1ccnn1C(C)C. The number of hydrogen-bond donors (Lipinski definition) is 0. The highest BCUT2D eigenvalue weighted by Gasteiger charge is 2.17. The van der Waals surface area contributed by atoms with E-state index in [4.69, 9.17) is 9.47 Å². The van der Waals surface area contributed by atoms with E-state index in [1.54, 1.807) is 42.9 Å². The second-order valence-electron chi connectivity index (χ2n) is 9.62. The number of aromatic nitrogens is 5. The second kappa shape index (κ2) is 12.8. The normalized spacial score (nSPS) is 11.8. The maximum atomic E-state index is 12.2. The number of aldehydes is 1. The molecule has 0 amide bonds. The number of pyridine rings is 1. The summed E-state index contributed by atoms with van der Waals surface area (Å²) in [6, 6.07) is 13.2. The van der Waals surface area contributed by atoms with Crippen molar-refractivity contribution in [2.45, 2.75) is 46.4 Å². The molecule has 9 nitrogen and oxygen atoms in total. The van der Waals surface area contributed by atoms with Gasteiger partial charge in [0.25, 0.3) is 0 Å². The smallest absolute Gasteiger partial charge is 0.157 e. The van der Waals surface area contributed by atoms with Gasteiger partial charge in [-0.3, -0.25) is 24.1 Å². The van der Waals surface area contributed by atoms with Gasteiger partial charge in [-0.2, -0.15) is 10.2 Å². The summed E-state index contributed by atoms with van der Waals surface area (Å²) in [5.41, 5.74) is 4.99.